The van der Waals surface area contributed by atoms with Gasteiger partial charge in [0.25, 0.3) is 11.8 Å². The maximum Gasteiger partial charge on any atom is 0.337 e. The summed E-state index contributed by atoms with van der Waals surface area (Å²) in [5.41, 5.74) is 6.40. The number of methoxy groups -OCH3 is 1. The van der Waals surface area contributed by atoms with E-state index >= 15 is 0 Å². The van der Waals surface area contributed by atoms with E-state index in [0.29, 0.717) is 60.2 Å². The van der Waals surface area contributed by atoms with Gasteiger partial charge in [-0.15, -0.1) is 11.3 Å². The molecule has 2 aliphatic rings. The van der Waals surface area contributed by atoms with Crippen molar-refractivity contribution >= 4 is 51.7 Å². The van der Waals surface area contributed by atoms with Crippen molar-refractivity contribution in [1.29, 1.82) is 0 Å². The lowest BCUT2D eigenvalue weighted by Crippen LogP contribution is -2.41. The molecule has 3 aromatic carbocycles. The third-order valence-electron chi connectivity index (χ3n) is 10.9. The van der Waals surface area contributed by atoms with Crippen LogP contribution in [0.4, 0.5) is 10.7 Å². The molecule has 59 heavy (non-hydrogen) atoms. The predicted molar refractivity (Wildman–Crippen MR) is 228 cm³/mol. The maximum absolute atomic E-state index is 14.0. The van der Waals surface area contributed by atoms with Gasteiger partial charge in [0.15, 0.2) is 0 Å². The minimum absolute atomic E-state index is 0.0563. The Bertz CT molecular complexity index is 2090. The number of amides is 3. The lowest BCUT2D eigenvalue weighted by molar-refractivity contribution is -0.145. The summed E-state index contributed by atoms with van der Waals surface area (Å²) >= 11 is 1.49. The van der Waals surface area contributed by atoms with Crippen LogP contribution < -0.4 is 10.6 Å². The minimum atomic E-state index is -0.376. The molecule has 1 fully saturated rings. The van der Waals surface area contributed by atoms with Crippen LogP contribution >= 0.6 is 11.3 Å². The van der Waals surface area contributed by atoms with Crippen molar-refractivity contribution in [1.82, 2.24) is 9.80 Å². The van der Waals surface area contributed by atoms with E-state index in [1.165, 1.54) is 18.4 Å². The van der Waals surface area contributed by atoms with E-state index in [4.69, 9.17) is 14.2 Å². The van der Waals surface area contributed by atoms with E-state index < -0.39 is 0 Å². The fourth-order valence-corrected chi connectivity index (χ4v) is 8.80. The van der Waals surface area contributed by atoms with Crippen LogP contribution in [-0.4, -0.2) is 92.6 Å². The molecule has 0 radical (unpaired) electrons. The number of likely N-dealkylation sites (N-methyl/N-ethyl adjacent to an activating group) is 1. The Kier molecular flexibility index (Phi) is 15.4. The van der Waals surface area contributed by atoms with Gasteiger partial charge in [-0.2, -0.15) is 0 Å². The molecule has 6 rings (SSSR count). The van der Waals surface area contributed by atoms with Gasteiger partial charge in [0.1, 0.15) is 5.00 Å². The average Bonchev–Trinajstić information content (AvgIpc) is 3.93. The number of nitrogens with one attached hydrogen (secondary N) is 2. The van der Waals surface area contributed by atoms with Crippen molar-refractivity contribution in [2.45, 2.75) is 77.3 Å². The first-order chi connectivity index (χ1) is 28.6. The molecule has 13 heteroatoms. The highest BCUT2D eigenvalue weighted by molar-refractivity contribution is 7.17. The van der Waals surface area contributed by atoms with E-state index in [0.717, 1.165) is 72.1 Å². The van der Waals surface area contributed by atoms with Crippen molar-refractivity contribution in [2.24, 2.45) is 0 Å². The number of carbonyl (C=O) groups excluding carboxylic acids is 5. The van der Waals surface area contributed by atoms with E-state index in [1.54, 1.807) is 37.1 Å². The zero-order valence-corrected chi connectivity index (χ0v) is 35.0. The minimum Gasteiger partial charge on any atom is -0.466 e. The summed E-state index contributed by atoms with van der Waals surface area (Å²) in [5, 5.41) is 6.74. The number of ether oxygens (including phenoxy) is 3. The normalized spacial score (nSPS) is 14.7. The number of esters is 2. The van der Waals surface area contributed by atoms with E-state index in [9.17, 15) is 24.0 Å². The Morgan fingerprint density at radius 1 is 0.831 bits per heavy atom. The largest absolute Gasteiger partial charge is 0.466 e. The third kappa shape index (κ3) is 11.9. The molecule has 0 bridgehead atoms. The summed E-state index contributed by atoms with van der Waals surface area (Å²) in [7, 11) is 3.11. The van der Waals surface area contributed by atoms with E-state index in [1.807, 2.05) is 54.6 Å². The van der Waals surface area contributed by atoms with Crippen molar-refractivity contribution in [2.75, 3.05) is 57.7 Å². The molecule has 1 aliphatic heterocycles. The Morgan fingerprint density at radius 3 is 2.25 bits per heavy atom. The molecule has 2 N–H and O–H groups in total. The summed E-state index contributed by atoms with van der Waals surface area (Å²) in [5.74, 6) is -1.38. The molecule has 1 saturated heterocycles. The SMILES string of the molecule is CCOC(=O)CCC(=O)N(C)CCN(Cc1cccc(C(=O)Nc2sc3c(c2C(=O)Nc2ccc(CCc4ccc(C(=O)OC)cc4)cc2)CCCC3)c1)[C@@H]1CCOC1. The molecular weight excluding hydrogens is 769 g/mol. The lowest BCUT2D eigenvalue weighted by atomic mass is 9.95. The number of benzene rings is 3. The first-order valence-corrected chi connectivity index (χ1v) is 21.3. The van der Waals surface area contributed by atoms with Gasteiger partial charge in [0, 0.05) is 61.9 Å². The van der Waals surface area contributed by atoms with Crippen LogP contribution in [0.3, 0.4) is 0 Å². The zero-order valence-electron chi connectivity index (χ0n) is 34.2. The third-order valence-corrected chi connectivity index (χ3v) is 12.1. The van der Waals surface area contributed by atoms with E-state index in [-0.39, 0.29) is 55.2 Å². The first kappa shape index (κ1) is 43.2. The van der Waals surface area contributed by atoms with Crippen molar-refractivity contribution in [3.8, 4) is 0 Å². The van der Waals surface area contributed by atoms with Crippen molar-refractivity contribution in [3.05, 3.63) is 117 Å². The summed E-state index contributed by atoms with van der Waals surface area (Å²) in [6.07, 6.45) is 6.31. The lowest BCUT2D eigenvalue weighted by Gasteiger charge is -2.30. The Labute approximate surface area is 350 Å². The van der Waals surface area contributed by atoms with Crippen LogP contribution in [0.5, 0.6) is 0 Å². The fraction of sp³-hybridized carbons (Fsp3) is 0.413. The summed E-state index contributed by atoms with van der Waals surface area (Å²) in [6.45, 7) is 4.93. The van der Waals surface area contributed by atoms with Crippen LogP contribution in [0.25, 0.3) is 0 Å². The standard InChI is InChI=1S/C46H54N4O8S/c1-4-58-41(52)23-22-40(51)49(2)25-26-50(37-24-27-57-30-37)29-33-8-7-9-35(28-33)43(53)48-45-42(38-10-5-6-11-39(38)59-45)44(54)47-36-20-16-32(17-21-36)13-12-31-14-18-34(19-15-31)46(55)56-3/h7-9,14-21,28,37H,4-6,10-13,22-27,29-30H2,1-3H3,(H,47,54)(H,48,53)/t37-/m1/s1. The molecule has 312 valence electrons. The fourth-order valence-electron chi connectivity index (χ4n) is 7.51. The molecular formula is C46H54N4O8S. The van der Waals surface area contributed by atoms with Crippen LogP contribution in [0.1, 0.15) is 97.2 Å². The molecule has 1 aromatic heterocycles. The summed E-state index contributed by atoms with van der Waals surface area (Å²) in [4.78, 5) is 69.2. The number of rotatable bonds is 18. The second-order valence-corrected chi connectivity index (χ2v) is 16.1. The number of nitrogens with zero attached hydrogens (tertiary/aromatic N) is 2. The number of hydrogen-bond acceptors (Lipinski definition) is 10. The van der Waals surface area contributed by atoms with Crippen LogP contribution in [0.2, 0.25) is 0 Å². The molecule has 2 heterocycles. The smallest absolute Gasteiger partial charge is 0.337 e. The molecule has 12 nitrogen and oxygen atoms in total. The molecule has 1 aliphatic carbocycles. The van der Waals surface area contributed by atoms with Gasteiger partial charge in [-0.25, -0.2) is 4.79 Å². The Morgan fingerprint density at radius 2 is 1.56 bits per heavy atom. The van der Waals surface area contributed by atoms with Gasteiger partial charge in [-0.3, -0.25) is 24.1 Å². The number of thiophene rings is 1. The van der Waals surface area contributed by atoms with Gasteiger partial charge in [-0.05, 0) is 111 Å². The van der Waals surface area contributed by atoms with Crippen molar-refractivity contribution < 1.29 is 38.2 Å². The van der Waals surface area contributed by atoms with E-state index in [2.05, 4.69) is 15.5 Å². The molecule has 0 spiro atoms. The Hall–Kier alpha value is -5.37. The van der Waals surface area contributed by atoms with Crippen LogP contribution in [0, 0.1) is 0 Å². The number of fused-ring (bicyclic) bond motifs is 1. The first-order valence-electron chi connectivity index (χ1n) is 20.5. The molecule has 1 atom stereocenters. The monoisotopic (exact) mass is 822 g/mol. The van der Waals surface area contributed by atoms with Gasteiger partial charge in [-0.1, -0.05) is 36.4 Å². The average molecular weight is 823 g/mol. The quantitative estimate of drug-likeness (QED) is 0.101. The second kappa shape index (κ2) is 21.1. The number of aryl methyl sites for hydroxylation is 3. The number of anilines is 2. The van der Waals surface area contributed by atoms with Gasteiger partial charge in [0.2, 0.25) is 5.91 Å². The summed E-state index contributed by atoms with van der Waals surface area (Å²) in [6, 6.07) is 22.9. The maximum atomic E-state index is 14.0. The molecule has 4 aromatic rings. The van der Waals surface area contributed by atoms with Gasteiger partial charge >= 0.3 is 11.9 Å². The molecule has 0 saturated carbocycles. The number of carbonyl (C=O) groups is 5. The highest BCUT2D eigenvalue weighted by atomic mass is 32.1. The molecule has 0 unspecified atom stereocenters. The predicted octanol–water partition coefficient (Wildman–Crippen LogP) is 7.10. The molecule has 3 amide bonds. The van der Waals surface area contributed by atoms with Crippen molar-refractivity contribution in [3.63, 3.8) is 0 Å². The highest BCUT2D eigenvalue weighted by Gasteiger charge is 2.28. The highest BCUT2D eigenvalue weighted by Crippen LogP contribution is 2.39. The Balaban J connectivity index is 1.09. The topological polar surface area (TPSA) is 144 Å². The summed E-state index contributed by atoms with van der Waals surface area (Å²) < 4.78 is 15.5. The van der Waals surface area contributed by atoms with Gasteiger partial charge in [0.05, 0.1) is 37.9 Å². The number of hydrogen-bond donors (Lipinski definition) is 2. The zero-order chi connectivity index (χ0) is 41.7. The second-order valence-electron chi connectivity index (χ2n) is 15.0. The van der Waals surface area contributed by atoms with Gasteiger partial charge < -0.3 is 29.7 Å². The van der Waals surface area contributed by atoms with Crippen LogP contribution in [-0.2, 0) is 56.0 Å². The van der Waals surface area contributed by atoms with Crippen LogP contribution in [0.15, 0.2) is 72.8 Å².